The third kappa shape index (κ3) is 5.04. The van der Waals surface area contributed by atoms with Gasteiger partial charge in [-0.1, -0.05) is 30.3 Å². The van der Waals surface area contributed by atoms with Crippen LogP contribution in [0.5, 0.6) is 0 Å². The molecule has 0 saturated carbocycles. The molecule has 0 radical (unpaired) electrons. The molecule has 10 heteroatoms. The van der Waals surface area contributed by atoms with Gasteiger partial charge in [0.1, 0.15) is 12.2 Å². The minimum absolute atomic E-state index is 0.00604. The zero-order chi connectivity index (χ0) is 19.3. The Morgan fingerprint density at radius 3 is 2.69 bits per heavy atom. The fraction of sp³-hybridized carbons (Fsp3) is 0.375. The molecule has 1 unspecified atom stereocenters. The highest BCUT2D eigenvalue weighted by Gasteiger charge is 2.31. The van der Waals surface area contributed by atoms with Crippen molar-refractivity contribution in [1.29, 1.82) is 0 Å². The molecule has 1 atom stereocenters. The second kappa shape index (κ2) is 7.98. The number of aliphatic carboxylic acids is 1. The molecule has 1 aromatic carbocycles. The number of rotatable bonds is 7. The topological polar surface area (TPSA) is 97.1 Å². The molecule has 0 aliphatic rings. The summed E-state index contributed by atoms with van der Waals surface area (Å²) in [6.45, 7) is 1.34. The minimum atomic E-state index is -4.48. The zero-order valence-electron chi connectivity index (χ0n) is 13.8. The fourth-order valence-corrected chi connectivity index (χ4v) is 2.44. The highest BCUT2D eigenvalue weighted by molar-refractivity contribution is 5.83. The quantitative estimate of drug-likeness (QED) is 0.779. The average molecular weight is 370 g/mol. The number of carbonyl (C=O) groups excluding carboxylic acids is 1. The molecule has 0 aliphatic heterocycles. The van der Waals surface area contributed by atoms with Crippen LogP contribution in [0, 0.1) is 0 Å². The van der Waals surface area contributed by atoms with E-state index in [1.165, 1.54) is 18.3 Å². The number of nitrogens with zero attached hydrogens (tertiary/aromatic N) is 3. The molecular formula is C16H17F3N4O3. The lowest BCUT2D eigenvalue weighted by atomic mass is 9.94. The second-order valence-electron chi connectivity index (χ2n) is 5.60. The first-order valence-corrected chi connectivity index (χ1v) is 7.76. The van der Waals surface area contributed by atoms with Gasteiger partial charge >= 0.3 is 12.1 Å². The molecule has 26 heavy (non-hydrogen) atoms. The molecule has 0 saturated heterocycles. The van der Waals surface area contributed by atoms with Crippen LogP contribution in [0.25, 0.3) is 0 Å². The predicted octanol–water partition coefficient (Wildman–Crippen LogP) is 2.19. The maximum atomic E-state index is 12.8. The SMILES string of the molecule is CCC(C(=O)NCc1cn(CC(=O)O)nn1)c1cccc(C(F)(F)F)c1. The van der Waals surface area contributed by atoms with Crippen molar-refractivity contribution in [2.24, 2.45) is 0 Å². The Balaban J connectivity index is 2.05. The number of benzene rings is 1. The monoisotopic (exact) mass is 370 g/mol. The summed E-state index contributed by atoms with van der Waals surface area (Å²) in [5.74, 6) is -2.27. The molecule has 1 amide bonds. The van der Waals surface area contributed by atoms with E-state index in [2.05, 4.69) is 15.6 Å². The number of hydrogen-bond acceptors (Lipinski definition) is 4. The van der Waals surface area contributed by atoms with Crippen LogP contribution in [0.4, 0.5) is 13.2 Å². The van der Waals surface area contributed by atoms with Crippen LogP contribution in [0.1, 0.15) is 36.1 Å². The first-order valence-electron chi connectivity index (χ1n) is 7.76. The molecular weight excluding hydrogens is 353 g/mol. The lowest BCUT2D eigenvalue weighted by Gasteiger charge is -2.16. The van der Waals surface area contributed by atoms with E-state index in [-0.39, 0.29) is 18.7 Å². The number of carboxylic acids is 1. The van der Waals surface area contributed by atoms with E-state index in [4.69, 9.17) is 5.11 Å². The number of hydrogen-bond donors (Lipinski definition) is 2. The lowest BCUT2D eigenvalue weighted by molar-refractivity contribution is -0.138. The van der Waals surface area contributed by atoms with Gasteiger partial charge in [-0.3, -0.25) is 9.59 Å². The molecule has 0 aliphatic carbocycles. The lowest BCUT2D eigenvalue weighted by Crippen LogP contribution is -2.29. The van der Waals surface area contributed by atoms with Gasteiger partial charge in [-0.05, 0) is 18.1 Å². The first kappa shape index (κ1) is 19.4. The van der Waals surface area contributed by atoms with E-state index < -0.39 is 29.5 Å². The molecule has 140 valence electrons. The average Bonchev–Trinajstić information content (AvgIpc) is 3.00. The van der Waals surface area contributed by atoms with Crippen LogP contribution in [0.15, 0.2) is 30.5 Å². The van der Waals surface area contributed by atoms with E-state index in [0.29, 0.717) is 12.1 Å². The van der Waals surface area contributed by atoms with Crippen molar-refractivity contribution in [3.05, 3.63) is 47.3 Å². The van der Waals surface area contributed by atoms with E-state index in [1.54, 1.807) is 6.92 Å². The largest absolute Gasteiger partial charge is 0.480 e. The van der Waals surface area contributed by atoms with Crippen molar-refractivity contribution >= 4 is 11.9 Å². The third-order valence-corrected chi connectivity index (χ3v) is 3.67. The minimum Gasteiger partial charge on any atom is -0.480 e. The Labute approximate surface area is 146 Å². The Kier molecular flexibility index (Phi) is 5.96. The van der Waals surface area contributed by atoms with Crippen LogP contribution >= 0.6 is 0 Å². The van der Waals surface area contributed by atoms with Crippen molar-refractivity contribution in [2.75, 3.05) is 0 Å². The van der Waals surface area contributed by atoms with Gasteiger partial charge in [0.2, 0.25) is 5.91 Å². The summed E-state index contributed by atoms with van der Waals surface area (Å²) in [6.07, 6.45) is -2.79. The molecule has 0 fully saturated rings. The maximum absolute atomic E-state index is 12.8. The summed E-state index contributed by atoms with van der Waals surface area (Å²) in [4.78, 5) is 22.9. The second-order valence-corrected chi connectivity index (χ2v) is 5.60. The van der Waals surface area contributed by atoms with Crippen LogP contribution in [0.2, 0.25) is 0 Å². The predicted molar refractivity (Wildman–Crippen MR) is 84.0 cm³/mol. The van der Waals surface area contributed by atoms with Gasteiger partial charge in [0.15, 0.2) is 0 Å². The smallest absolute Gasteiger partial charge is 0.416 e. The van der Waals surface area contributed by atoms with E-state index in [1.807, 2.05) is 0 Å². The first-order chi connectivity index (χ1) is 12.2. The number of nitrogens with one attached hydrogen (secondary N) is 1. The Morgan fingerprint density at radius 2 is 2.08 bits per heavy atom. The number of amides is 1. The van der Waals surface area contributed by atoms with Crippen molar-refractivity contribution in [2.45, 2.75) is 38.5 Å². The zero-order valence-corrected chi connectivity index (χ0v) is 13.8. The summed E-state index contributed by atoms with van der Waals surface area (Å²) >= 11 is 0. The molecule has 7 nitrogen and oxygen atoms in total. The molecule has 1 aromatic heterocycles. The normalized spacial score (nSPS) is 12.6. The van der Waals surface area contributed by atoms with Crippen molar-refractivity contribution < 1.29 is 27.9 Å². The van der Waals surface area contributed by atoms with Crippen LogP contribution in [-0.4, -0.2) is 32.0 Å². The summed E-state index contributed by atoms with van der Waals surface area (Å²) in [6, 6.07) is 4.67. The number of carboxylic acid groups (broad SMARTS) is 1. The molecule has 1 heterocycles. The van der Waals surface area contributed by atoms with Gasteiger partial charge in [0.05, 0.1) is 24.2 Å². The molecule has 0 bridgehead atoms. The third-order valence-electron chi connectivity index (χ3n) is 3.67. The van der Waals surface area contributed by atoms with Gasteiger partial charge in [-0.25, -0.2) is 4.68 Å². The molecule has 2 N–H and O–H groups in total. The van der Waals surface area contributed by atoms with Gasteiger partial charge in [-0.2, -0.15) is 13.2 Å². The highest BCUT2D eigenvalue weighted by Crippen LogP contribution is 2.31. The molecule has 2 aromatic rings. The van der Waals surface area contributed by atoms with Gasteiger partial charge < -0.3 is 10.4 Å². The van der Waals surface area contributed by atoms with Crippen molar-refractivity contribution in [1.82, 2.24) is 20.3 Å². The van der Waals surface area contributed by atoms with Crippen molar-refractivity contribution in [3.63, 3.8) is 0 Å². The van der Waals surface area contributed by atoms with Crippen LogP contribution in [-0.2, 0) is 28.9 Å². The van der Waals surface area contributed by atoms with Gasteiger partial charge in [0.25, 0.3) is 0 Å². The van der Waals surface area contributed by atoms with Gasteiger partial charge in [-0.15, -0.1) is 5.10 Å². The van der Waals surface area contributed by atoms with E-state index in [0.717, 1.165) is 16.8 Å². The Morgan fingerprint density at radius 1 is 1.35 bits per heavy atom. The fourth-order valence-electron chi connectivity index (χ4n) is 2.44. The Bertz CT molecular complexity index is 789. The summed E-state index contributed by atoms with van der Waals surface area (Å²) in [5, 5.41) is 18.6. The maximum Gasteiger partial charge on any atom is 0.416 e. The summed E-state index contributed by atoms with van der Waals surface area (Å²) in [5.41, 5.74) is -0.189. The van der Waals surface area contributed by atoms with Crippen molar-refractivity contribution in [3.8, 4) is 0 Å². The molecule has 0 spiro atoms. The van der Waals surface area contributed by atoms with Crippen LogP contribution in [0.3, 0.4) is 0 Å². The summed E-state index contributed by atoms with van der Waals surface area (Å²) < 4.78 is 39.6. The number of aromatic nitrogens is 3. The van der Waals surface area contributed by atoms with E-state index >= 15 is 0 Å². The van der Waals surface area contributed by atoms with Gasteiger partial charge in [0, 0.05) is 0 Å². The standard InChI is InChI=1S/C16H17F3N4O3/c1-2-13(10-4-3-5-11(6-10)16(17,18)19)15(26)20-7-12-8-23(22-21-12)9-14(24)25/h3-6,8,13H,2,7,9H2,1H3,(H,20,26)(H,24,25). The molecule has 2 rings (SSSR count). The summed E-state index contributed by atoms with van der Waals surface area (Å²) in [7, 11) is 0. The highest BCUT2D eigenvalue weighted by atomic mass is 19.4. The van der Waals surface area contributed by atoms with Crippen LogP contribution < -0.4 is 5.32 Å². The number of halogens is 3. The number of carbonyl (C=O) groups is 2. The number of alkyl halides is 3. The Hall–Kier alpha value is -2.91. The van der Waals surface area contributed by atoms with E-state index in [9.17, 15) is 22.8 Å².